The highest BCUT2D eigenvalue weighted by Gasteiger charge is 2.11. The smallest absolute Gasteiger partial charge is 0.306 e. The number of ether oxygens (including phenoxy) is 1. The lowest BCUT2D eigenvalue weighted by Gasteiger charge is -2.11. The molecule has 2 N–H and O–H groups in total. The molecule has 0 aromatic heterocycles. The molecule has 0 aliphatic rings. The van der Waals surface area contributed by atoms with E-state index in [-0.39, 0.29) is 19.6 Å². The van der Waals surface area contributed by atoms with Crippen LogP contribution in [0.25, 0.3) is 0 Å². The molecule has 0 amide bonds. The van der Waals surface area contributed by atoms with Gasteiger partial charge in [-0.2, -0.15) is 0 Å². The molecule has 0 bridgehead atoms. The topological polar surface area (TPSA) is 66.8 Å². The normalized spacial score (nSPS) is 9.69. The van der Waals surface area contributed by atoms with Crippen molar-refractivity contribution < 1.29 is 19.7 Å². The summed E-state index contributed by atoms with van der Waals surface area (Å²) in [5.74, 6) is 1.96. The molecular weight excluding hydrogens is 172 g/mol. The van der Waals surface area contributed by atoms with Gasteiger partial charge in [-0.3, -0.25) is 4.79 Å². The van der Waals surface area contributed by atoms with Gasteiger partial charge in [0.05, 0.1) is 13.2 Å². The first-order chi connectivity index (χ1) is 6.24. The summed E-state index contributed by atoms with van der Waals surface area (Å²) in [5.41, 5.74) is 0. The maximum Gasteiger partial charge on any atom is 0.306 e. The predicted octanol–water partition coefficient (Wildman–Crippen LogP) is -0.314. The molecule has 74 valence electrons. The minimum atomic E-state index is -0.807. The zero-order chi connectivity index (χ0) is 10.1. The van der Waals surface area contributed by atoms with E-state index >= 15 is 0 Å². The first-order valence-corrected chi connectivity index (χ1v) is 4.09. The quantitative estimate of drug-likeness (QED) is 0.339. The van der Waals surface area contributed by atoms with E-state index in [0.29, 0.717) is 12.8 Å². The second-order valence-electron chi connectivity index (χ2n) is 2.53. The number of aliphatic hydroxyl groups excluding tert-OH is 2. The van der Waals surface area contributed by atoms with Gasteiger partial charge in [-0.25, -0.2) is 0 Å². The number of unbranched alkanes of at least 4 members (excludes halogenated alkanes) is 1. The van der Waals surface area contributed by atoms with Crippen molar-refractivity contribution in [2.24, 2.45) is 0 Å². The summed E-state index contributed by atoms with van der Waals surface area (Å²) in [6, 6.07) is 0. The van der Waals surface area contributed by atoms with E-state index in [1.165, 1.54) is 0 Å². The molecule has 0 aromatic carbocycles. The van der Waals surface area contributed by atoms with Gasteiger partial charge < -0.3 is 14.9 Å². The fourth-order valence-corrected chi connectivity index (χ4v) is 0.712. The summed E-state index contributed by atoms with van der Waals surface area (Å²) in [5, 5.41) is 17.2. The van der Waals surface area contributed by atoms with Crippen LogP contribution in [0, 0.1) is 12.3 Å². The van der Waals surface area contributed by atoms with Crippen LogP contribution >= 0.6 is 0 Å². The SMILES string of the molecule is C#CCCCC(=O)OC(CO)CO. The molecule has 0 heterocycles. The number of terminal acetylenes is 1. The Morgan fingerprint density at radius 1 is 1.46 bits per heavy atom. The van der Waals surface area contributed by atoms with Crippen LogP contribution in [0.5, 0.6) is 0 Å². The molecule has 0 rings (SSSR count). The van der Waals surface area contributed by atoms with Crippen LogP contribution in [0.2, 0.25) is 0 Å². The van der Waals surface area contributed by atoms with Gasteiger partial charge >= 0.3 is 5.97 Å². The maximum atomic E-state index is 10.9. The van der Waals surface area contributed by atoms with E-state index in [1.807, 2.05) is 0 Å². The Morgan fingerprint density at radius 3 is 2.54 bits per heavy atom. The largest absolute Gasteiger partial charge is 0.457 e. The molecule has 4 nitrogen and oxygen atoms in total. The summed E-state index contributed by atoms with van der Waals surface area (Å²) in [4.78, 5) is 10.9. The number of hydrogen-bond acceptors (Lipinski definition) is 4. The molecule has 0 aliphatic heterocycles. The van der Waals surface area contributed by atoms with Gasteiger partial charge in [0.2, 0.25) is 0 Å². The molecule has 0 atom stereocenters. The van der Waals surface area contributed by atoms with Gasteiger partial charge in [0.15, 0.2) is 0 Å². The molecule has 0 aliphatic carbocycles. The first kappa shape index (κ1) is 11.9. The average molecular weight is 186 g/mol. The Balaban J connectivity index is 3.55. The van der Waals surface area contributed by atoms with Crippen LogP contribution in [-0.4, -0.2) is 35.5 Å². The molecule has 0 saturated carbocycles. The summed E-state index contributed by atoms with van der Waals surface area (Å²) >= 11 is 0. The third kappa shape index (κ3) is 6.14. The zero-order valence-corrected chi connectivity index (χ0v) is 7.40. The lowest BCUT2D eigenvalue weighted by molar-refractivity contribution is -0.153. The maximum absolute atomic E-state index is 10.9. The van der Waals surface area contributed by atoms with Crippen molar-refractivity contribution in [3.05, 3.63) is 0 Å². The van der Waals surface area contributed by atoms with Crippen LogP contribution in [0.3, 0.4) is 0 Å². The Kier molecular flexibility index (Phi) is 6.98. The summed E-state index contributed by atoms with van der Waals surface area (Å²) < 4.78 is 4.69. The van der Waals surface area contributed by atoms with E-state index in [2.05, 4.69) is 10.7 Å². The van der Waals surface area contributed by atoms with Gasteiger partial charge in [0, 0.05) is 12.8 Å². The van der Waals surface area contributed by atoms with E-state index in [1.54, 1.807) is 0 Å². The Bertz CT molecular complexity index is 179. The van der Waals surface area contributed by atoms with E-state index in [0.717, 1.165) is 0 Å². The van der Waals surface area contributed by atoms with Gasteiger partial charge in [-0.1, -0.05) is 0 Å². The highest BCUT2D eigenvalue weighted by molar-refractivity contribution is 5.69. The Labute approximate surface area is 77.5 Å². The molecule has 0 aromatic rings. The van der Waals surface area contributed by atoms with Crippen molar-refractivity contribution in [1.29, 1.82) is 0 Å². The van der Waals surface area contributed by atoms with Crippen molar-refractivity contribution in [3.63, 3.8) is 0 Å². The second kappa shape index (κ2) is 7.59. The van der Waals surface area contributed by atoms with Crippen LogP contribution in [0.1, 0.15) is 19.3 Å². The zero-order valence-electron chi connectivity index (χ0n) is 7.40. The van der Waals surface area contributed by atoms with Crippen molar-refractivity contribution in [1.82, 2.24) is 0 Å². The fraction of sp³-hybridized carbons (Fsp3) is 0.667. The standard InChI is InChI=1S/C9H14O4/c1-2-3-4-5-9(12)13-8(6-10)7-11/h1,8,10-11H,3-7H2. The molecule has 0 saturated heterocycles. The number of esters is 1. The molecular formula is C9H14O4. The van der Waals surface area contributed by atoms with Crippen LogP contribution in [0.4, 0.5) is 0 Å². The molecule has 4 heteroatoms. The summed E-state index contributed by atoms with van der Waals surface area (Å²) in [6.45, 7) is -0.727. The van der Waals surface area contributed by atoms with Gasteiger partial charge in [0.1, 0.15) is 6.10 Å². The lowest BCUT2D eigenvalue weighted by Crippen LogP contribution is -2.25. The van der Waals surface area contributed by atoms with Crippen molar-refractivity contribution in [2.45, 2.75) is 25.4 Å². The third-order valence-electron chi connectivity index (χ3n) is 1.41. The summed E-state index contributed by atoms with van der Waals surface area (Å²) in [6.07, 6.45) is 5.50. The number of aliphatic hydroxyl groups is 2. The average Bonchev–Trinajstić information content (AvgIpc) is 2.14. The third-order valence-corrected chi connectivity index (χ3v) is 1.41. The Morgan fingerprint density at radius 2 is 2.08 bits per heavy atom. The highest BCUT2D eigenvalue weighted by atomic mass is 16.6. The molecule has 13 heavy (non-hydrogen) atoms. The molecule has 0 radical (unpaired) electrons. The number of hydrogen-bond donors (Lipinski definition) is 2. The highest BCUT2D eigenvalue weighted by Crippen LogP contribution is 1.99. The van der Waals surface area contributed by atoms with Gasteiger partial charge in [0.25, 0.3) is 0 Å². The van der Waals surface area contributed by atoms with E-state index in [4.69, 9.17) is 16.6 Å². The van der Waals surface area contributed by atoms with Crippen molar-refractivity contribution in [3.8, 4) is 12.3 Å². The molecule has 0 spiro atoms. The lowest BCUT2D eigenvalue weighted by atomic mass is 10.2. The van der Waals surface area contributed by atoms with Crippen molar-refractivity contribution in [2.75, 3.05) is 13.2 Å². The monoisotopic (exact) mass is 186 g/mol. The van der Waals surface area contributed by atoms with Crippen LogP contribution in [0.15, 0.2) is 0 Å². The van der Waals surface area contributed by atoms with Crippen LogP contribution < -0.4 is 0 Å². The number of carbonyl (C=O) groups is 1. The van der Waals surface area contributed by atoms with Gasteiger partial charge in [-0.05, 0) is 6.42 Å². The first-order valence-electron chi connectivity index (χ1n) is 4.09. The van der Waals surface area contributed by atoms with E-state index in [9.17, 15) is 4.79 Å². The van der Waals surface area contributed by atoms with Crippen molar-refractivity contribution >= 4 is 5.97 Å². The minimum Gasteiger partial charge on any atom is -0.457 e. The van der Waals surface area contributed by atoms with Gasteiger partial charge in [-0.15, -0.1) is 12.3 Å². The number of rotatable bonds is 6. The second-order valence-corrected chi connectivity index (χ2v) is 2.53. The fourth-order valence-electron chi connectivity index (χ4n) is 0.712. The minimum absolute atomic E-state index is 0.223. The summed E-state index contributed by atoms with van der Waals surface area (Å²) in [7, 11) is 0. The number of carbonyl (C=O) groups excluding carboxylic acids is 1. The Hall–Kier alpha value is -1.05. The van der Waals surface area contributed by atoms with E-state index < -0.39 is 12.1 Å². The molecule has 0 fully saturated rings. The predicted molar refractivity (Wildman–Crippen MR) is 46.7 cm³/mol. The van der Waals surface area contributed by atoms with Crippen LogP contribution in [-0.2, 0) is 9.53 Å². The molecule has 0 unspecified atom stereocenters.